The summed E-state index contributed by atoms with van der Waals surface area (Å²) in [6.45, 7) is 2.10. The third kappa shape index (κ3) is 2.31. The molecular formula is C17H16N4S. The van der Waals surface area contributed by atoms with Crippen molar-refractivity contribution in [3.8, 4) is 6.07 Å². The van der Waals surface area contributed by atoms with Crippen LogP contribution in [-0.4, -0.2) is 24.1 Å². The van der Waals surface area contributed by atoms with Crippen molar-refractivity contribution in [3.63, 3.8) is 0 Å². The highest BCUT2D eigenvalue weighted by Crippen LogP contribution is 2.34. The molecular weight excluding hydrogens is 292 g/mol. The monoisotopic (exact) mass is 308 g/mol. The molecule has 2 aromatic heterocycles. The van der Waals surface area contributed by atoms with Crippen LogP contribution >= 0.6 is 11.3 Å². The summed E-state index contributed by atoms with van der Waals surface area (Å²) in [6.07, 6.45) is 2.23. The van der Waals surface area contributed by atoms with E-state index in [0.717, 1.165) is 42.7 Å². The predicted octanol–water partition coefficient (Wildman–Crippen LogP) is 3.49. The third-order valence-electron chi connectivity index (χ3n) is 4.20. The molecule has 1 fully saturated rings. The first kappa shape index (κ1) is 13.5. The minimum absolute atomic E-state index is 0.466. The van der Waals surface area contributed by atoms with Crippen LogP contribution < -0.4 is 10.6 Å². The lowest BCUT2D eigenvalue weighted by atomic mass is 10.1. The fourth-order valence-corrected chi connectivity index (χ4v) is 3.97. The molecule has 0 amide bonds. The van der Waals surface area contributed by atoms with Crippen molar-refractivity contribution in [3.05, 3.63) is 35.2 Å². The molecule has 3 aromatic rings. The van der Waals surface area contributed by atoms with E-state index in [0.29, 0.717) is 11.6 Å². The number of hydrogen-bond acceptors (Lipinski definition) is 5. The molecule has 0 atom stereocenters. The third-order valence-corrected chi connectivity index (χ3v) is 5.15. The maximum Gasteiger partial charge on any atom is 0.135 e. The van der Waals surface area contributed by atoms with E-state index in [1.54, 1.807) is 11.3 Å². The van der Waals surface area contributed by atoms with E-state index in [-0.39, 0.29) is 0 Å². The fraction of sp³-hybridized carbons (Fsp3) is 0.294. The van der Waals surface area contributed by atoms with Gasteiger partial charge in [0.25, 0.3) is 0 Å². The second kappa shape index (κ2) is 5.56. The Hall–Kier alpha value is -2.16. The zero-order valence-electron chi connectivity index (χ0n) is 12.1. The average molecular weight is 308 g/mol. The predicted molar refractivity (Wildman–Crippen MR) is 91.4 cm³/mol. The first-order valence-electron chi connectivity index (χ1n) is 7.53. The van der Waals surface area contributed by atoms with Gasteiger partial charge in [0.15, 0.2) is 0 Å². The lowest BCUT2D eigenvalue weighted by Gasteiger charge is -2.24. The molecule has 2 N–H and O–H groups in total. The van der Waals surface area contributed by atoms with E-state index in [1.807, 2.05) is 18.2 Å². The maximum absolute atomic E-state index is 9.10. The van der Waals surface area contributed by atoms with Gasteiger partial charge in [0.05, 0.1) is 17.1 Å². The number of piperidine rings is 1. The number of thiophene rings is 1. The summed E-state index contributed by atoms with van der Waals surface area (Å²) in [6, 6.07) is 10.5. The van der Waals surface area contributed by atoms with Crippen molar-refractivity contribution >= 4 is 38.1 Å². The molecule has 1 saturated heterocycles. The molecule has 3 heterocycles. The van der Waals surface area contributed by atoms with Crippen LogP contribution in [0.5, 0.6) is 0 Å². The number of nitrogens with one attached hydrogen (secondary N) is 2. The standard InChI is InChI=1S/C17H16N4S/c18-10-11-1-2-13-15(9-11)21-17(14-5-8-22-16(13)14)20-12-3-6-19-7-4-12/h1-2,5,8-9,12,19H,3-4,6-7H2,(H,20,21). The zero-order valence-corrected chi connectivity index (χ0v) is 12.9. The van der Waals surface area contributed by atoms with Crippen molar-refractivity contribution < 1.29 is 0 Å². The molecule has 1 aliphatic heterocycles. The van der Waals surface area contributed by atoms with E-state index in [1.165, 1.54) is 10.1 Å². The van der Waals surface area contributed by atoms with E-state index in [4.69, 9.17) is 10.2 Å². The molecule has 22 heavy (non-hydrogen) atoms. The molecule has 0 radical (unpaired) electrons. The molecule has 0 spiro atoms. The normalized spacial score (nSPS) is 16.0. The van der Waals surface area contributed by atoms with Gasteiger partial charge in [-0.15, -0.1) is 11.3 Å². The van der Waals surface area contributed by atoms with Crippen molar-refractivity contribution in [2.24, 2.45) is 0 Å². The Morgan fingerprint density at radius 2 is 2.09 bits per heavy atom. The Labute approximate surface area is 132 Å². The van der Waals surface area contributed by atoms with Gasteiger partial charge in [0, 0.05) is 21.5 Å². The first-order chi connectivity index (χ1) is 10.8. The highest BCUT2D eigenvalue weighted by Gasteiger charge is 2.16. The molecule has 0 unspecified atom stereocenters. The van der Waals surface area contributed by atoms with Gasteiger partial charge in [-0.1, -0.05) is 6.07 Å². The molecule has 1 aliphatic rings. The van der Waals surface area contributed by atoms with Crippen LogP contribution in [0, 0.1) is 11.3 Å². The number of nitriles is 1. The summed E-state index contributed by atoms with van der Waals surface area (Å²) in [5.41, 5.74) is 1.55. The summed E-state index contributed by atoms with van der Waals surface area (Å²) in [7, 11) is 0. The summed E-state index contributed by atoms with van der Waals surface area (Å²) in [5, 5.41) is 20.5. The van der Waals surface area contributed by atoms with Crippen molar-refractivity contribution in [1.82, 2.24) is 10.3 Å². The number of anilines is 1. The number of hydrogen-bond donors (Lipinski definition) is 2. The summed E-state index contributed by atoms with van der Waals surface area (Å²) in [4.78, 5) is 4.80. The summed E-state index contributed by atoms with van der Waals surface area (Å²) in [5.74, 6) is 0.950. The van der Waals surface area contributed by atoms with Gasteiger partial charge in [0.1, 0.15) is 5.82 Å². The van der Waals surface area contributed by atoms with Crippen LogP contribution in [0.4, 0.5) is 5.82 Å². The van der Waals surface area contributed by atoms with Gasteiger partial charge < -0.3 is 10.6 Å². The smallest absolute Gasteiger partial charge is 0.135 e. The van der Waals surface area contributed by atoms with Crippen LogP contribution in [0.25, 0.3) is 21.0 Å². The highest BCUT2D eigenvalue weighted by molar-refractivity contribution is 7.18. The van der Waals surface area contributed by atoms with Gasteiger partial charge in [-0.2, -0.15) is 5.26 Å². The number of pyridine rings is 1. The molecule has 0 bridgehead atoms. The Morgan fingerprint density at radius 1 is 1.23 bits per heavy atom. The van der Waals surface area contributed by atoms with Crippen LogP contribution in [0.2, 0.25) is 0 Å². The number of rotatable bonds is 2. The Kier molecular flexibility index (Phi) is 3.41. The molecule has 0 saturated carbocycles. The van der Waals surface area contributed by atoms with Crippen LogP contribution in [0.1, 0.15) is 18.4 Å². The lowest BCUT2D eigenvalue weighted by molar-refractivity contribution is 0.478. The van der Waals surface area contributed by atoms with Gasteiger partial charge in [-0.05, 0) is 49.5 Å². The second-order valence-corrected chi connectivity index (χ2v) is 6.55. The SMILES string of the molecule is N#Cc1ccc2c(c1)nc(NC1CCNCC1)c1ccsc12. The Morgan fingerprint density at radius 3 is 2.91 bits per heavy atom. The average Bonchev–Trinajstić information content (AvgIpc) is 3.05. The second-order valence-electron chi connectivity index (χ2n) is 5.64. The Bertz CT molecular complexity index is 871. The maximum atomic E-state index is 9.10. The molecule has 110 valence electrons. The zero-order chi connectivity index (χ0) is 14.9. The fourth-order valence-electron chi connectivity index (χ4n) is 3.04. The first-order valence-corrected chi connectivity index (χ1v) is 8.41. The van der Waals surface area contributed by atoms with Gasteiger partial charge in [-0.3, -0.25) is 0 Å². The molecule has 1 aromatic carbocycles. The Balaban J connectivity index is 1.84. The molecule has 4 nitrogen and oxygen atoms in total. The van der Waals surface area contributed by atoms with Gasteiger partial charge >= 0.3 is 0 Å². The van der Waals surface area contributed by atoms with Crippen LogP contribution in [0.15, 0.2) is 29.6 Å². The topological polar surface area (TPSA) is 60.7 Å². The molecule has 0 aliphatic carbocycles. The minimum atomic E-state index is 0.466. The highest BCUT2D eigenvalue weighted by atomic mass is 32.1. The number of aromatic nitrogens is 1. The van der Waals surface area contributed by atoms with Gasteiger partial charge in [-0.25, -0.2) is 4.98 Å². The van der Waals surface area contributed by atoms with Crippen molar-refractivity contribution in [2.75, 3.05) is 18.4 Å². The van der Waals surface area contributed by atoms with Crippen molar-refractivity contribution in [2.45, 2.75) is 18.9 Å². The van der Waals surface area contributed by atoms with E-state index in [2.05, 4.69) is 28.1 Å². The van der Waals surface area contributed by atoms with E-state index < -0.39 is 0 Å². The minimum Gasteiger partial charge on any atom is -0.367 e. The quantitative estimate of drug-likeness (QED) is 0.761. The van der Waals surface area contributed by atoms with E-state index >= 15 is 0 Å². The van der Waals surface area contributed by atoms with Crippen LogP contribution in [-0.2, 0) is 0 Å². The number of benzene rings is 1. The molecule has 5 heteroatoms. The summed E-state index contributed by atoms with van der Waals surface area (Å²) >= 11 is 1.73. The largest absolute Gasteiger partial charge is 0.367 e. The van der Waals surface area contributed by atoms with Crippen LogP contribution in [0.3, 0.4) is 0 Å². The van der Waals surface area contributed by atoms with Gasteiger partial charge in [0.2, 0.25) is 0 Å². The van der Waals surface area contributed by atoms with E-state index in [9.17, 15) is 0 Å². The molecule has 4 rings (SSSR count). The summed E-state index contributed by atoms with van der Waals surface area (Å²) < 4.78 is 1.24. The lowest BCUT2D eigenvalue weighted by Crippen LogP contribution is -2.35. The van der Waals surface area contributed by atoms with Crippen molar-refractivity contribution in [1.29, 1.82) is 5.26 Å². The number of fused-ring (bicyclic) bond motifs is 3. The number of nitrogens with zero attached hydrogens (tertiary/aromatic N) is 2.